The van der Waals surface area contributed by atoms with Crippen LogP contribution < -0.4 is 11.4 Å². The molecule has 2 aromatic carbocycles. The number of hydrogen-bond donors (Lipinski definition) is 2. The van der Waals surface area contributed by atoms with Crippen LogP contribution in [-0.4, -0.2) is 25.9 Å². The summed E-state index contributed by atoms with van der Waals surface area (Å²) in [5.74, 6) is -1.16. The van der Waals surface area contributed by atoms with Crippen LogP contribution in [0.3, 0.4) is 0 Å². The molecule has 29 heavy (non-hydrogen) atoms. The zero-order chi connectivity index (χ0) is 21.0. The number of carboxylic acid groups (broad SMARTS) is 1. The van der Waals surface area contributed by atoms with Gasteiger partial charge in [-0.25, -0.2) is 14.6 Å². The number of nitrogen functional groups attached to an aromatic ring is 1. The number of aryl methyl sites for hydroxylation is 1. The molecule has 0 amide bonds. The van der Waals surface area contributed by atoms with Gasteiger partial charge < -0.3 is 15.3 Å². The topological polar surface area (TPSA) is 193 Å². The lowest BCUT2D eigenvalue weighted by atomic mass is 10.1. The highest BCUT2D eigenvalue weighted by molar-refractivity contribution is 5.95. The number of hydrogen-bond acceptors (Lipinski definition) is 9. The molecule has 0 radical (unpaired) electrons. The predicted molar refractivity (Wildman–Crippen MR) is 103 cm³/mol. The second-order valence-electron chi connectivity index (χ2n) is 5.25. The quantitative estimate of drug-likeness (QED) is 0.372. The largest absolute Gasteiger partial charge is 0.478 e. The molecule has 0 aliphatic rings. The Balaban J connectivity index is 0.000000284. The first-order chi connectivity index (χ1) is 13.1. The number of para-hydroxylation sites is 2. The van der Waals surface area contributed by atoms with Crippen LogP contribution in [0.2, 0.25) is 0 Å². The molecule has 0 unspecified atom stereocenters. The number of aromatic carboxylic acids is 1. The molecule has 0 bridgehead atoms. The van der Waals surface area contributed by atoms with Gasteiger partial charge in [-0.2, -0.15) is 0 Å². The molecule has 0 saturated heterocycles. The number of carboxylic acids is 1. The van der Waals surface area contributed by atoms with Crippen molar-refractivity contribution in [2.45, 2.75) is 14.4 Å². The summed E-state index contributed by atoms with van der Waals surface area (Å²) in [6.45, 7) is 1.47. The number of nitrogens with two attached hydrogens (primary N) is 1. The van der Waals surface area contributed by atoms with Crippen LogP contribution >= 0.6 is 0 Å². The first-order valence-corrected chi connectivity index (χ1v) is 7.44. The van der Waals surface area contributed by atoms with E-state index in [-0.39, 0.29) is 46.8 Å². The molecule has 12 heteroatoms. The Morgan fingerprint density at radius 3 is 2.21 bits per heavy atom. The summed E-state index contributed by atoms with van der Waals surface area (Å²) in [4.78, 5) is 45.4. The molecular weight excluding hydrogens is 388 g/mol. The lowest BCUT2D eigenvalue weighted by Crippen LogP contribution is -2.04. The SMILES string of the molecule is C.Cc1nc2c([N+](=O)[O-])cccc2c(=O)o1.Nc1c(C(=O)O)cccc1[N+](=O)[O-]. The minimum atomic E-state index is -1.28. The monoisotopic (exact) mass is 404 g/mol. The van der Waals surface area contributed by atoms with Crippen LogP contribution in [0.15, 0.2) is 45.6 Å². The molecule has 0 fully saturated rings. The lowest BCUT2D eigenvalue weighted by molar-refractivity contribution is -0.383. The molecule has 1 heterocycles. The third-order valence-corrected chi connectivity index (χ3v) is 3.45. The first kappa shape index (κ1) is 22.7. The van der Waals surface area contributed by atoms with Gasteiger partial charge in [0.25, 0.3) is 11.4 Å². The van der Waals surface area contributed by atoms with E-state index in [0.717, 1.165) is 6.07 Å². The smallest absolute Gasteiger partial charge is 0.347 e. The maximum atomic E-state index is 11.3. The van der Waals surface area contributed by atoms with Crippen molar-refractivity contribution in [1.29, 1.82) is 0 Å². The Labute approximate surface area is 162 Å². The normalized spacial score (nSPS) is 9.69. The van der Waals surface area contributed by atoms with Crippen molar-refractivity contribution < 1.29 is 24.2 Å². The average Bonchev–Trinajstić information content (AvgIpc) is 2.61. The zero-order valence-corrected chi connectivity index (χ0v) is 14.2. The number of carbonyl (C=O) groups is 1. The summed E-state index contributed by atoms with van der Waals surface area (Å²) in [6.07, 6.45) is 0. The van der Waals surface area contributed by atoms with E-state index in [1.807, 2.05) is 0 Å². The van der Waals surface area contributed by atoms with Gasteiger partial charge in [0, 0.05) is 19.1 Å². The molecule has 152 valence electrons. The van der Waals surface area contributed by atoms with Gasteiger partial charge in [-0.1, -0.05) is 19.6 Å². The maximum Gasteiger partial charge on any atom is 0.347 e. The van der Waals surface area contributed by atoms with Gasteiger partial charge in [0.15, 0.2) is 11.4 Å². The first-order valence-electron chi connectivity index (χ1n) is 7.44. The number of aromatic nitrogens is 1. The lowest BCUT2D eigenvalue weighted by Gasteiger charge is -1.99. The van der Waals surface area contributed by atoms with E-state index in [2.05, 4.69) is 4.98 Å². The van der Waals surface area contributed by atoms with Crippen molar-refractivity contribution in [2.24, 2.45) is 0 Å². The van der Waals surface area contributed by atoms with Gasteiger partial charge in [-0.15, -0.1) is 0 Å². The average molecular weight is 404 g/mol. The molecule has 12 nitrogen and oxygen atoms in total. The Morgan fingerprint density at radius 1 is 1.10 bits per heavy atom. The molecule has 0 aliphatic heterocycles. The van der Waals surface area contributed by atoms with E-state index in [4.69, 9.17) is 15.3 Å². The third kappa shape index (κ3) is 4.88. The van der Waals surface area contributed by atoms with Gasteiger partial charge in [0.2, 0.25) is 0 Å². The molecule has 3 aromatic rings. The number of non-ortho nitro benzene ring substituents is 1. The molecule has 1 aromatic heterocycles. The fraction of sp³-hybridized carbons (Fsp3) is 0.118. The molecular formula is C17H16N4O8. The summed E-state index contributed by atoms with van der Waals surface area (Å²) >= 11 is 0. The summed E-state index contributed by atoms with van der Waals surface area (Å²) in [5, 5.41) is 29.7. The van der Waals surface area contributed by atoms with Crippen LogP contribution in [0, 0.1) is 27.2 Å². The van der Waals surface area contributed by atoms with Gasteiger partial charge >= 0.3 is 11.6 Å². The van der Waals surface area contributed by atoms with Gasteiger partial charge in [0.1, 0.15) is 5.69 Å². The van der Waals surface area contributed by atoms with Crippen molar-refractivity contribution in [3.63, 3.8) is 0 Å². The molecule has 0 aliphatic carbocycles. The van der Waals surface area contributed by atoms with E-state index in [1.165, 1.54) is 37.3 Å². The van der Waals surface area contributed by atoms with Crippen molar-refractivity contribution in [1.82, 2.24) is 4.98 Å². The van der Waals surface area contributed by atoms with Gasteiger partial charge in [-0.05, 0) is 12.1 Å². The predicted octanol–water partition coefficient (Wildman–Crippen LogP) is 2.92. The molecule has 0 atom stereocenters. The number of fused-ring (bicyclic) bond motifs is 1. The van der Waals surface area contributed by atoms with Crippen LogP contribution in [0.5, 0.6) is 0 Å². The highest BCUT2D eigenvalue weighted by atomic mass is 16.6. The Morgan fingerprint density at radius 2 is 1.66 bits per heavy atom. The summed E-state index contributed by atoms with van der Waals surface area (Å²) in [5.41, 5.74) is 3.56. The number of anilines is 1. The Kier molecular flexibility index (Phi) is 7.07. The standard InChI is InChI=1S/C9H6N2O4.C7H6N2O4.CH4/c1-5-10-8-6(9(12)15-5)3-2-4-7(8)11(13)14;8-6-4(7(10)11)2-1-3-5(6)9(12)13;/h2-4H,1H3;1-3H,8H2,(H,10,11);1H4. The zero-order valence-electron chi connectivity index (χ0n) is 14.2. The van der Waals surface area contributed by atoms with E-state index in [0.29, 0.717) is 0 Å². The van der Waals surface area contributed by atoms with Crippen molar-refractivity contribution in [3.8, 4) is 0 Å². The van der Waals surface area contributed by atoms with E-state index >= 15 is 0 Å². The minimum Gasteiger partial charge on any atom is -0.478 e. The minimum absolute atomic E-state index is 0. The fourth-order valence-electron chi connectivity index (χ4n) is 2.23. The van der Waals surface area contributed by atoms with Crippen LogP contribution in [-0.2, 0) is 0 Å². The van der Waals surface area contributed by atoms with Crippen molar-refractivity contribution >= 4 is 33.9 Å². The molecule has 0 spiro atoms. The van der Waals surface area contributed by atoms with E-state index in [1.54, 1.807) is 0 Å². The third-order valence-electron chi connectivity index (χ3n) is 3.45. The van der Waals surface area contributed by atoms with Crippen LogP contribution in [0.4, 0.5) is 17.1 Å². The Bertz CT molecular complexity index is 1120. The summed E-state index contributed by atoms with van der Waals surface area (Å²) in [6, 6.07) is 7.81. The number of nitro benzene ring substituents is 2. The van der Waals surface area contributed by atoms with E-state index in [9.17, 15) is 29.8 Å². The number of benzene rings is 2. The Hall–Kier alpha value is -4.35. The number of nitrogens with zero attached hydrogens (tertiary/aromatic N) is 3. The summed E-state index contributed by atoms with van der Waals surface area (Å²) < 4.78 is 4.74. The van der Waals surface area contributed by atoms with E-state index < -0.39 is 21.4 Å². The highest BCUT2D eigenvalue weighted by Gasteiger charge is 2.18. The summed E-state index contributed by atoms with van der Waals surface area (Å²) in [7, 11) is 0. The second-order valence-corrected chi connectivity index (χ2v) is 5.25. The van der Waals surface area contributed by atoms with Crippen molar-refractivity contribution in [3.05, 3.63) is 78.5 Å². The van der Waals surface area contributed by atoms with Crippen LogP contribution in [0.25, 0.3) is 10.9 Å². The molecule has 0 saturated carbocycles. The number of nitro groups is 2. The maximum absolute atomic E-state index is 11.3. The number of rotatable bonds is 3. The van der Waals surface area contributed by atoms with Gasteiger partial charge in [0.05, 0.1) is 20.8 Å². The fourth-order valence-corrected chi connectivity index (χ4v) is 2.23. The highest BCUT2D eigenvalue weighted by Crippen LogP contribution is 2.24. The van der Waals surface area contributed by atoms with Gasteiger partial charge in [-0.3, -0.25) is 20.2 Å². The molecule has 3 N–H and O–H groups in total. The molecule has 3 rings (SSSR count). The second kappa shape index (κ2) is 9.03. The van der Waals surface area contributed by atoms with Crippen molar-refractivity contribution in [2.75, 3.05) is 5.73 Å². The van der Waals surface area contributed by atoms with Crippen LogP contribution in [0.1, 0.15) is 23.7 Å².